The van der Waals surface area contributed by atoms with Gasteiger partial charge < -0.3 is 10.8 Å². The fourth-order valence-electron chi connectivity index (χ4n) is 1.98. The first-order chi connectivity index (χ1) is 6.02. The molecule has 0 aliphatic heterocycles. The van der Waals surface area contributed by atoms with Crippen molar-refractivity contribution in [3.05, 3.63) is 0 Å². The maximum absolute atomic E-state index is 10.6. The van der Waals surface area contributed by atoms with E-state index in [1.807, 2.05) is 0 Å². The molecule has 0 aliphatic carbocycles. The van der Waals surface area contributed by atoms with E-state index in [-0.39, 0.29) is 12.3 Å². The Morgan fingerprint density at radius 2 is 2.00 bits per heavy atom. The van der Waals surface area contributed by atoms with Gasteiger partial charge in [0.2, 0.25) is 0 Å². The smallest absolute Gasteiger partial charge is 0.303 e. The van der Waals surface area contributed by atoms with Crippen molar-refractivity contribution in [2.24, 2.45) is 23.5 Å². The Morgan fingerprint density at radius 1 is 1.46 bits per heavy atom. The van der Waals surface area contributed by atoms with Crippen LogP contribution in [0.3, 0.4) is 0 Å². The highest BCUT2D eigenvalue weighted by molar-refractivity contribution is 5.67. The molecule has 0 aromatic carbocycles. The van der Waals surface area contributed by atoms with Crippen molar-refractivity contribution in [2.45, 2.75) is 33.6 Å². The molecule has 0 bridgehead atoms. The summed E-state index contributed by atoms with van der Waals surface area (Å²) in [6, 6.07) is 0. The van der Waals surface area contributed by atoms with Gasteiger partial charge in [0.05, 0.1) is 0 Å². The molecule has 0 amide bonds. The molecule has 13 heavy (non-hydrogen) atoms. The second kappa shape index (κ2) is 5.97. The van der Waals surface area contributed by atoms with Gasteiger partial charge in [-0.25, -0.2) is 0 Å². The highest BCUT2D eigenvalue weighted by Crippen LogP contribution is 2.26. The van der Waals surface area contributed by atoms with E-state index in [0.717, 1.165) is 6.42 Å². The van der Waals surface area contributed by atoms with Crippen LogP contribution in [-0.2, 0) is 4.79 Å². The molecule has 0 spiro atoms. The third-order valence-electron chi connectivity index (χ3n) is 2.67. The van der Waals surface area contributed by atoms with Gasteiger partial charge >= 0.3 is 5.97 Å². The molecule has 0 radical (unpaired) electrons. The quantitative estimate of drug-likeness (QED) is 0.665. The van der Waals surface area contributed by atoms with Crippen molar-refractivity contribution >= 4 is 5.97 Å². The molecular weight excluding hydrogens is 166 g/mol. The fraction of sp³-hybridized carbons (Fsp3) is 0.900. The standard InChI is InChI=1S/C10H21NO2/c1-4-9(7(2)3)8(6-11)5-10(12)13/h7-9H,4-6,11H2,1-3H3,(H,12,13)/t8?,9-/m1/s1. The van der Waals surface area contributed by atoms with Crippen molar-refractivity contribution in [2.75, 3.05) is 6.54 Å². The predicted molar refractivity (Wildman–Crippen MR) is 53.4 cm³/mol. The molecule has 0 rings (SSSR count). The van der Waals surface area contributed by atoms with Gasteiger partial charge in [-0.05, 0) is 24.3 Å². The normalized spacial score (nSPS) is 15.8. The molecule has 3 nitrogen and oxygen atoms in total. The maximum Gasteiger partial charge on any atom is 0.303 e. The molecule has 3 heteroatoms. The fourth-order valence-corrected chi connectivity index (χ4v) is 1.98. The second-order valence-corrected chi connectivity index (χ2v) is 3.91. The van der Waals surface area contributed by atoms with Crippen molar-refractivity contribution in [3.63, 3.8) is 0 Å². The molecule has 2 atom stereocenters. The van der Waals surface area contributed by atoms with Crippen LogP contribution in [0.4, 0.5) is 0 Å². The van der Waals surface area contributed by atoms with Gasteiger partial charge in [-0.1, -0.05) is 27.2 Å². The number of rotatable bonds is 6. The molecule has 0 aromatic heterocycles. The average Bonchev–Trinajstić information content (AvgIpc) is 2.02. The van der Waals surface area contributed by atoms with Gasteiger partial charge in [0, 0.05) is 6.42 Å². The highest BCUT2D eigenvalue weighted by atomic mass is 16.4. The molecule has 0 saturated carbocycles. The maximum atomic E-state index is 10.6. The third-order valence-corrected chi connectivity index (χ3v) is 2.67. The van der Waals surface area contributed by atoms with Crippen molar-refractivity contribution in [1.82, 2.24) is 0 Å². The minimum atomic E-state index is -0.741. The zero-order chi connectivity index (χ0) is 10.4. The average molecular weight is 187 g/mol. The number of hydrogen-bond donors (Lipinski definition) is 2. The van der Waals surface area contributed by atoms with Crippen LogP contribution in [0.15, 0.2) is 0 Å². The summed E-state index contributed by atoms with van der Waals surface area (Å²) in [6.45, 7) is 6.81. The summed E-state index contributed by atoms with van der Waals surface area (Å²) in [7, 11) is 0. The van der Waals surface area contributed by atoms with Crippen molar-refractivity contribution in [3.8, 4) is 0 Å². The number of carboxylic acids is 1. The van der Waals surface area contributed by atoms with Crippen LogP contribution in [0.25, 0.3) is 0 Å². The number of hydrogen-bond acceptors (Lipinski definition) is 2. The first kappa shape index (κ1) is 12.4. The van der Waals surface area contributed by atoms with E-state index in [0.29, 0.717) is 18.4 Å². The number of carboxylic acid groups (broad SMARTS) is 1. The molecule has 0 saturated heterocycles. The second-order valence-electron chi connectivity index (χ2n) is 3.91. The van der Waals surface area contributed by atoms with E-state index in [4.69, 9.17) is 10.8 Å². The largest absolute Gasteiger partial charge is 0.481 e. The third kappa shape index (κ3) is 4.27. The molecule has 0 aliphatic rings. The van der Waals surface area contributed by atoms with E-state index in [1.165, 1.54) is 0 Å². The van der Waals surface area contributed by atoms with Crippen molar-refractivity contribution < 1.29 is 9.90 Å². The molecule has 0 heterocycles. The summed E-state index contributed by atoms with van der Waals surface area (Å²) >= 11 is 0. The number of carbonyl (C=O) groups is 1. The van der Waals surface area contributed by atoms with Gasteiger partial charge in [0.1, 0.15) is 0 Å². The van der Waals surface area contributed by atoms with Gasteiger partial charge in [-0.2, -0.15) is 0 Å². The Hall–Kier alpha value is -0.570. The van der Waals surface area contributed by atoms with Crippen LogP contribution in [0.2, 0.25) is 0 Å². The van der Waals surface area contributed by atoms with Crippen LogP contribution < -0.4 is 5.73 Å². The summed E-state index contributed by atoms with van der Waals surface area (Å²) in [5.74, 6) is 0.330. The Bertz CT molecular complexity index is 157. The van der Waals surface area contributed by atoms with Crippen LogP contribution in [0.1, 0.15) is 33.6 Å². The molecule has 0 fully saturated rings. The van der Waals surface area contributed by atoms with Crippen LogP contribution in [0.5, 0.6) is 0 Å². The zero-order valence-corrected chi connectivity index (χ0v) is 8.79. The van der Waals surface area contributed by atoms with Gasteiger partial charge in [0.25, 0.3) is 0 Å². The lowest BCUT2D eigenvalue weighted by Gasteiger charge is -2.27. The Kier molecular flexibility index (Phi) is 5.71. The molecule has 1 unspecified atom stereocenters. The zero-order valence-electron chi connectivity index (χ0n) is 8.79. The predicted octanol–water partition coefficient (Wildman–Crippen LogP) is 1.72. The SMILES string of the molecule is CC[C@H](C(C)C)C(CN)CC(=O)O. The van der Waals surface area contributed by atoms with Crippen molar-refractivity contribution in [1.29, 1.82) is 0 Å². The first-order valence-electron chi connectivity index (χ1n) is 4.94. The number of aliphatic carboxylic acids is 1. The number of nitrogens with two attached hydrogens (primary N) is 1. The lowest BCUT2D eigenvalue weighted by molar-refractivity contribution is -0.138. The monoisotopic (exact) mass is 187 g/mol. The summed E-state index contributed by atoms with van der Waals surface area (Å²) in [6.07, 6.45) is 1.21. The van der Waals surface area contributed by atoms with Gasteiger partial charge in [-0.3, -0.25) is 4.79 Å². The summed E-state index contributed by atoms with van der Waals surface area (Å²) < 4.78 is 0. The molecular formula is C10H21NO2. The Morgan fingerprint density at radius 3 is 2.23 bits per heavy atom. The molecule has 78 valence electrons. The highest BCUT2D eigenvalue weighted by Gasteiger charge is 2.23. The minimum absolute atomic E-state index is 0.127. The van der Waals surface area contributed by atoms with Gasteiger partial charge in [0.15, 0.2) is 0 Å². The van der Waals surface area contributed by atoms with Crippen LogP contribution in [0, 0.1) is 17.8 Å². The van der Waals surface area contributed by atoms with E-state index >= 15 is 0 Å². The topological polar surface area (TPSA) is 63.3 Å². The van der Waals surface area contributed by atoms with Crippen LogP contribution >= 0.6 is 0 Å². The van der Waals surface area contributed by atoms with E-state index in [9.17, 15) is 4.79 Å². The summed E-state index contributed by atoms with van der Waals surface area (Å²) in [5.41, 5.74) is 5.57. The lowest BCUT2D eigenvalue weighted by Crippen LogP contribution is -2.28. The summed E-state index contributed by atoms with van der Waals surface area (Å²) in [5, 5.41) is 8.69. The van der Waals surface area contributed by atoms with Crippen LogP contribution in [-0.4, -0.2) is 17.6 Å². The molecule has 0 aromatic rings. The Labute approximate surface area is 80.3 Å². The van der Waals surface area contributed by atoms with E-state index < -0.39 is 5.97 Å². The van der Waals surface area contributed by atoms with Gasteiger partial charge in [-0.15, -0.1) is 0 Å². The lowest BCUT2D eigenvalue weighted by atomic mass is 9.80. The summed E-state index contributed by atoms with van der Waals surface area (Å²) in [4.78, 5) is 10.6. The Balaban J connectivity index is 4.25. The van der Waals surface area contributed by atoms with E-state index in [1.54, 1.807) is 0 Å². The first-order valence-corrected chi connectivity index (χ1v) is 4.94. The van der Waals surface area contributed by atoms with E-state index in [2.05, 4.69) is 20.8 Å². The minimum Gasteiger partial charge on any atom is -0.481 e. The molecule has 3 N–H and O–H groups in total.